The number of carbonyl (C=O) groups is 1. The fourth-order valence-electron chi connectivity index (χ4n) is 1.16. The number of nitrogens with one attached hydrogen (secondary N) is 1. The topological polar surface area (TPSA) is 75.1 Å². The molecule has 0 saturated heterocycles. The molecule has 1 fully saturated rings. The second-order valence-corrected chi connectivity index (χ2v) is 3.63. The maximum atomic E-state index is 10.8. The van der Waals surface area contributed by atoms with Crippen LogP contribution in [0.2, 0.25) is 5.15 Å². The van der Waals surface area contributed by atoms with E-state index in [0.29, 0.717) is 18.7 Å². The highest BCUT2D eigenvalue weighted by Gasteiger charge is 2.50. The number of carboxylic acid groups (broad SMARTS) is 1. The Labute approximate surface area is 85.1 Å². The first-order valence-electron chi connectivity index (χ1n) is 4.11. The molecule has 0 unspecified atom stereocenters. The van der Waals surface area contributed by atoms with Gasteiger partial charge in [-0.15, -0.1) is 0 Å². The van der Waals surface area contributed by atoms with E-state index in [1.165, 1.54) is 12.4 Å². The van der Waals surface area contributed by atoms with E-state index in [1.54, 1.807) is 0 Å². The van der Waals surface area contributed by atoms with Crippen LogP contribution in [0.3, 0.4) is 0 Å². The zero-order chi connectivity index (χ0) is 10.2. The number of aromatic nitrogens is 2. The molecule has 1 heterocycles. The summed E-state index contributed by atoms with van der Waals surface area (Å²) in [7, 11) is 0. The SMILES string of the molecule is O=C(O)C1(Nc2cncc(Cl)n2)CC1. The summed E-state index contributed by atoms with van der Waals surface area (Å²) >= 11 is 5.61. The van der Waals surface area contributed by atoms with E-state index >= 15 is 0 Å². The lowest BCUT2D eigenvalue weighted by atomic mass is 10.3. The Morgan fingerprint density at radius 3 is 2.79 bits per heavy atom. The molecule has 74 valence electrons. The van der Waals surface area contributed by atoms with Crippen LogP contribution in [0.1, 0.15) is 12.8 Å². The number of nitrogens with zero attached hydrogens (tertiary/aromatic N) is 2. The molecule has 0 aromatic carbocycles. The van der Waals surface area contributed by atoms with Crippen LogP contribution in [0, 0.1) is 0 Å². The van der Waals surface area contributed by atoms with Gasteiger partial charge in [0.2, 0.25) is 0 Å². The quantitative estimate of drug-likeness (QED) is 0.788. The van der Waals surface area contributed by atoms with Crippen molar-refractivity contribution in [1.29, 1.82) is 0 Å². The van der Waals surface area contributed by atoms with Gasteiger partial charge in [-0.2, -0.15) is 0 Å². The zero-order valence-corrected chi connectivity index (χ0v) is 7.95. The number of carboxylic acids is 1. The van der Waals surface area contributed by atoms with Crippen LogP contribution in [-0.2, 0) is 4.79 Å². The largest absolute Gasteiger partial charge is 0.480 e. The summed E-state index contributed by atoms with van der Waals surface area (Å²) in [6.07, 6.45) is 4.06. The Kier molecular flexibility index (Phi) is 2.03. The molecule has 14 heavy (non-hydrogen) atoms. The fourth-order valence-corrected chi connectivity index (χ4v) is 1.31. The van der Waals surface area contributed by atoms with Crippen LogP contribution < -0.4 is 5.32 Å². The number of anilines is 1. The molecule has 6 heteroatoms. The molecular formula is C8H8ClN3O2. The van der Waals surface area contributed by atoms with Crippen LogP contribution in [0.5, 0.6) is 0 Å². The summed E-state index contributed by atoms with van der Waals surface area (Å²) in [6.45, 7) is 0. The molecule has 0 atom stereocenters. The Bertz CT molecular complexity index is 379. The van der Waals surface area contributed by atoms with Crippen molar-refractivity contribution in [2.24, 2.45) is 0 Å². The Morgan fingerprint density at radius 2 is 2.29 bits per heavy atom. The molecule has 2 N–H and O–H groups in total. The van der Waals surface area contributed by atoms with Crippen molar-refractivity contribution < 1.29 is 9.90 Å². The van der Waals surface area contributed by atoms with E-state index in [4.69, 9.17) is 16.7 Å². The van der Waals surface area contributed by atoms with Crippen LogP contribution in [0.15, 0.2) is 12.4 Å². The van der Waals surface area contributed by atoms with Crippen molar-refractivity contribution in [3.8, 4) is 0 Å². The third kappa shape index (κ3) is 1.63. The minimum atomic E-state index is -0.862. The van der Waals surface area contributed by atoms with Crippen molar-refractivity contribution in [3.05, 3.63) is 17.5 Å². The molecule has 0 bridgehead atoms. The lowest BCUT2D eigenvalue weighted by Gasteiger charge is -2.12. The van der Waals surface area contributed by atoms with Crippen molar-refractivity contribution >= 4 is 23.4 Å². The number of hydrogen-bond donors (Lipinski definition) is 2. The summed E-state index contributed by atoms with van der Waals surface area (Å²) in [6, 6.07) is 0. The van der Waals surface area contributed by atoms with E-state index < -0.39 is 11.5 Å². The molecule has 1 aliphatic rings. The number of hydrogen-bond acceptors (Lipinski definition) is 4. The first-order chi connectivity index (χ1) is 6.62. The number of rotatable bonds is 3. The van der Waals surface area contributed by atoms with Gasteiger partial charge in [-0.05, 0) is 12.8 Å². The second kappa shape index (κ2) is 3.09. The molecule has 5 nitrogen and oxygen atoms in total. The van der Waals surface area contributed by atoms with E-state index in [-0.39, 0.29) is 5.15 Å². The molecule has 1 aromatic heterocycles. The normalized spacial score (nSPS) is 17.5. The molecule has 0 radical (unpaired) electrons. The first kappa shape index (κ1) is 9.21. The Hall–Kier alpha value is -1.36. The molecule has 2 rings (SSSR count). The second-order valence-electron chi connectivity index (χ2n) is 3.24. The predicted molar refractivity (Wildman–Crippen MR) is 50.3 cm³/mol. The van der Waals surface area contributed by atoms with Gasteiger partial charge in [-0.3, -0.25) is 4.98 Å². The summed E-state index contributed by atoms with van der Waals surface area (Å²) in [5.74, 6) is -0.461. The molecule has 0 amide bonds. The van der Waals surface area contributed by atoms with Gasteiger partial charge in [-0.25, -0.2) is 9.78 Å². The van der Waals surface area contributed by atoms with Gasteiger partial charge >= 0.3 is 5.97 Å². The van der Waals surface area contributed by atoms with Crippen LogP contribution in [0.25, 0.3) is 0 Å². The number of halogens is 1. The molecule has 1 aromatic rings. The van der Waals surface area contributed by atoms with Crippen LogP contribution in [0.4, 0.5) is 5.82 Å². The lowest BCUT2D eigenvalue weighted by molar-refractivity contribution is -0.138. The minimum Gasteiger partial charge on any atom is -0.480 e. The van der Waals surface area contributed by atoms with Gasteiger partial charge in [0.25, 0.3) is 0 Å². The van der Waals surface area contributed by atoms with Crippen LogP contribution >= 0.6 is 11.6 Å². The highest BCUT2D eigenvalue weighted by molar-refractivity contribution is 6.29. The highest BCUT2D eigenvalue weighted by atomic mass is 35.5. The minimum absolute atomic E-state index is 0.246. The van der Waals surface area contributed by atoms with E-state index in [1.807, 2.05) is 0 Å². The van der Waals surface area contributed by atoms with Gasteiger partial charge in [0.1, 0.15) is 16.5 Å². The van der Waals surface area contributed by atoms with E-state index in [2.05, 4.69) is 15.3 Å². The third-order valence-electron chi connectivity index (χ3n) is 2.13. The van der Waals surface area contributed by atoms with Gasteiger partial charge in [-0.1, -0.05) is 11.6 Å². The number of aliphatic carboxylic acids is 1. The van der Waals surface area contributed by atoms with E-state index in [0.717, 1.165) is 0 Å². The Morgan fingerprint density at radius 1 is 1.57 bits per heavy atom. The van der Waals surface area contributed by atoms with Gasteiger partial charge in [0.05, 0.1) is 12.4 Å². The average Bonchev–Trinajstić information content (AvgIpc) is 2.85. The third-order valence-corrected chi connectivity index (χ3v) is 2.31. The summed E-state index contributed by atoms with van der Waals surface area (Å²) in [5.41, 5.74) is -0.848. The van der Waals surface area contributed by atoms with Gasteiger partial charge < -0.3 is 10.4 Å². The summed E-state index contributed by atoms with van der Waals surface area (Å²) < 4.78 is 0. The van der Waals surface area contributed by atoms with E-state index in [9.17, 15) is 4.79 Å². The molecule has 0 spiro atoms. The summed E-state index contributed by atoms with van der Waals surface area (Å²) in [4.78, 5) is 18.5. The fraction of sp³-hybridized carbons (Fsp3) is 0.375. The first-order valence-corrected chi connectivity index (χ1v) is 4.49. The van der Waals surface area contributed by atoms with Gasteiger partial charge in [0.15, 0.2) is 0 Å². The molecular weight excluding hydrogens is 206 g/mol. The van der Waals surface area contributed by atoms with Crippen molar-refractivity contribution in [2.45, 2.75) is 18.4 Å². The zero-order valence-electron chi connectivity index (χ0n) is 7.20. The smallest absolute Gasteiger partial charge is 0.329 e. The highest BCUT2D eigenvalue weighted by Crippen LogP contribution is 2.38. The maximum absolute atomic E-state index is 10.8. The molecule has 1 aliphatic carbocycles. The predicted octanol–water partition coefficient (Wildman–Crippen LogP) is 1.16. The maximum Gasteiger partial charge on any atom is 0.329 e. The summed E-state index contributed by atoms with van der Waals surface area (Å²) in [5, 5.41) is 11.9. The van der Waals surface area contributed by atoms with Gasteiger partial charge in [0, 0.05) is 0 Å². The Balaban J connectivity index is 2.15. The molecule has 1 saturated carbocycles. The monoisotopic (exact) mass is 213 g/mol. The van der Waals surface area contributed by atoms with Crippen LogP contribution in [-0.4, -0.2) is 26.6 Å². The molecule has 0 aliphatic heterocycles. The lowest BCUT2D eigenvalue weighted by Crippen LogP contribution is -2.31. The van der Waals surface area contributed by atoms with Crippen molar-refractivity contribution in [3.63, 3.8) is 0 Å². The van der Waals surface area contributed by atoms with Crippen molar-refractivity contribution in [1.82, 2.24) is 9.97 Å². The average molecular weight is 214 g/mol. The standard InChI is InChI=1S/C8H8ClN3O2/c9-5-3-10-4-6(11-5)12-8(1-2-8)7(13)14/h3-4H,1-2H2,(H,11,12)(H,13,14). The van der Waals surface area contributed by atoms with Crippen molar-refractivity contribution in [2.75, 3.05) is 5.32 Å².